The molecule has 0 unspecified atom stereocenters. The van der Waals surface area contributed by atoms with Crippen LogP contribution in [-0.2, 0) is 27.3 Å². The summed E-state index contributed by atoms with van der Waals surface area (Å²) in [6, 6.07) is -0.779. The monoisotopic (exact) mass is 432 g/mol. The van der Waals surface area contributed by atoms with Crippen LogP contribution in [0.1, 0.15) is 67.1 Å². The number of carbonyl (C=O) groups excluding carboxylic acids is 3. The zero-order chi connectivity index (χ0) is 23.1. The van der Waals surface area contributed by atoms with Crippen LogP contribution in [0, 0.1) is 12.8 Å². The van der Waals surface area contributed by atoms with E-state index in [1.807, 2.05) is 19.9 Å². The second-order valence-corrected chi connectivity index (χ2v) is 8.09. The van der Waals surface area contributed by atoms with Gasteiger partial charge < -0.3 is 25.3 Å². The largest absolute Gasteiger partial charge is 0.496 e. The molecule has 1 aliphatic rings. The summed E-state index contributed by atoms with van der Waals surface area (Å²) >= 11 is 0. The van der Waals surface area contributed by atoms with Crippen molar-refractivity contribution in [1.29, 1.82) is 0 Å². The van der Waals surface area contributed by atoms with Gasteiger partial charge in [-0.15, -0.1) is 0 Å². The fourth-order valence-corrected chi connectivity index (χ4v) is 3.47. The Labute approximate surface area is 183 Å². The highest BCUT2D eigenvalue weighted by Gasteiger charge is 2.32. The Morgan fingerprint density at radius 3 is 2.61 bits per heavy atom. The molecule has 1 heterocycles. The molecule has 8 nitrogen and oxygen atoms in total. The van der Waals surface area contributed by atoms with Gasteiger partial charge in [0.15, 0.2) is 0 Å². The summed E-state index contributed by atoms with van der Waals surface area (Å²) in [6.45, 7) is 8.48. The molecule has 0 saturated carbocycles. The first kappa shape index (κ1) is 24.2. The van der Waals surface area contributed by atoms with E-state index < -0.39 is 12.0 Å². The molecule has 0 radical (unpaired) electrons. The highest BCUT2D eigenvalue weighted by molar-refractivity contribution is 6.05. The summed E-state index contributed by atoms with van der Waals surface area (Å²) in [5.41, 5.74) is 9.05. The van der Waals surface area contributed by atoms with Gasteiger partial charge in [0, 0.05) is 17.5 Å². The summed E-state index contributed by atoms with van der Waals surface area (Å²) in [7, 11) is 1.54. The van der Waals surface area contributed by atoms with Crippen molar-refractivity contribution in [3.63, 3.8) is 0 Å². The maximum Gasteiger partial charge on any atom is 0.341 e. The van der Waals surface area contributed by atoms with Gasteiger partial charge in [0.05, 0.1) is 25.0 Å². The predicted octanol–water partition coefficient (Wildman–Crippen LogP) is 4.02. The maximum absolute atomic E-state index is 12.3. The molecule has 170 valence electrons. The first-order valence-corrected chi connectivity index (χ1v) is 10.4. The minimum Gasteiger partial charge on any atom is -0.496 e. The molecule has 1 aromatic rings. The average molecular weight is 433 g/mol. The van der Waals surface area contributed by atoms with Crippen LogP contribution in [0.5, 0.6) is 5.75 Å². The summed E-state index contributed by atoms with van der Waals surface area (Å²) in [6.07, 6.45) is 4.01. The Hall–Kier alpha value is -3.03. The Morgan fingerprint density at radius 1 is 1.29 bits per heavy atom. The molecule has 1 aliphatic heterocycles. The van der Waals surface area contributed by atoms with Gasteiger partial charge >= 0.3 is 18.0 Å². The molecule has 3 N–H and O–H groups in total. The number of methoxy groups -OCH3 is 1. The third kappa shape index (κ3) is 6.23. The number of allylic oxidation sites excluding steroid dienone is 2. The Balaban J connectivity index is 2.20. The van der Waals surface area contributed by atoms with E-state index in [1.165, 1.54) is 7.11 Å². The van der Waals surface area contributed by atoms with E-state index in [4.69, 9.17) is 19.9 Å². The molecule has 0 bridgehead atoms. The number of primary amides is 1. The molecule has 0 aliphatic carbocycles. The van der Waals surface area contributed by atoms with Crippen molar-refractivity contribution >= 4 is 23.7 Å². The number of nitrogens with two attached hydrogens (primary N) is 1. The lowest BCUT2D eigenvalue weighted by Gasteiger charge is -2.19. The minimum absolute atomic E-state index is 0.123. The van der Waals surface area contributed by atoms with Crippen molar-refractivity contribution in [2.75, 3.05) is 19.0 Å². The average Bonchev–Trinajstić information content (AvgIpc) is 3.08. The second-order valence-electron chi connectivity index (χ2n) is 8.09. The van der Waals surface area contributed by atoms with Crippen molar-refractivity contribution in [2.24, 2.45) is 11.7 Å². The van der Waals surface area contributed by atoms with Gasteiger partial charge in [0.25, 0.3) is 0 Å². The van der Waals surface area contributed by atoms with Crippen LogP contribution < -0.4 is 15.8 Å². The topological polar surface area (TPSA) is 117 Å². The minimum atomic E-state index is -0.779. The molecule has 2 rings (SSSR count). The van der Waals surface area contributed by atoms with E-state index in [0.717, 1.165) is 17.6 Å². The standard InChI is InChI=1S/C23H32N2O6/c1-13(2)10-11-30-18(26)9-7-14(3)6-8-16-20(25-23(24)28)19-17(12-31-22(19)27)15(4)21(16)29-5/h6,13H,7-12H2,1-5H3,(H3,24,25,28). The highest BCUT2D eigenvalue weighted by atomic mass is 16.5. The number of urea groups is 1. The Kier molecular flexibility index (Phi) is 8.47. The number of amides is 2. The number of nitrogens with one attached hydrogen (secondary N) is 1. The SMILES string of the molecule is COc1c(C)c2c(c(NC(N)=O)c1CC=C(C)CCC(=O)OCCC(C)C)C(=O)OC2. The summed E-state index contributed by atoms with van der Waals surface area (Å²) < 4.78 is 16.0. The summed E-state index contributed by atoms with van der Waals surface area (Å²) in [5, 5.41) is 2.57. The molecule has 0 fully saturated rings. The predicted molar refractivity (Wildman–Crippen MR) is 117 cm³/mol. The lowest BCUT2D eigenvalue weighted by Crippen LogP contribution is -2.22. The summed E-state index contributed by atoms with van der Waals surface area (Å²) in [5.74, 6) is 0.326. The number of ether oxygens (including phenoxy) is 3. The van der Waals surface area contributed by atoms with Crippen LogP contribution in [0.2, 0.25) is 0 Å². The molecule has 0 aromatic heterocycles. The fraction of sp³-hybridized carbons (Fsp3) is 0.522. The molecule has 0 atom stereocenters. The molecule has 1 aromatic carbocycles. The van der Waals surface area contributed by atoms with Crippen molar-refractivity contribution in [3.8, 4) is 5.75 Å². The van der Waals surface area contributed by atoms with Crippen LogP contribution in [0.3, 0.4) is 0 Å². The van der Waals surface area contributed by atoms with E-state index in [1.54, 1.807) is 0 Å². The van der Waals surface area contributed by atoms with E-state index in [0.29, 0.717) is 59.9 Å². The van der Waals surface area contributed by atoms with E-state index in [9.17, 15) is 14.4 Å². The van der Waals surface area contributed by atoms with Gasteiger partial charge in [-0.1, -0.05) is 25.5 Å². The smallest absolute Gasteiger partial charge is 0.341 e. The van der Waals surface area contributed by atoms with Gasteiger partial charge in [0.1, 0.15) is 12.4 Å². The van der Waals surface area contributed by atoms with Gasteiger partial charge in [-0.3, -0.25) is 4.79 Å². The lowest BCUT2D eigenvalue weighted by atomic mass is 9.93. The van der Waals surface area contributed by atoms with Crippen molar-refractivity contribution in [1.82, 2.24) is 0 Å². The van der Waals surface area contributed by atoms with E-state index in [2.05, 4.69) is 19.2 Å². The van der Waals surface area contributed by atoms with Gasteiger partial charge in [-0.05, 0) is 44.6 Å². The Bertz CT molecular complexity index is 889. The zero-order valence-electron chi connectivity index (χ0n) is 18.9. The van der Waals surface area contributed by atoms with E-state index in [-0.39, 0.29) is 12.6 Å². The van der Waals surface area contributed by atoms with Crippen molar-refractivity contribution in [3.05, 3.63) is 33.9 Å². The third-order valence-electron chi connectivity index (χ3n) is 5.26. The van der Waals surface area contributed by atoms with Gasteiger partial charge in [0.2, 0.25) is 0 Å². The molecular formula is C23H32N2O6. The third-order valence-corrected chi connectivity index (χ3v) is 5.26. The van der Waals surface area contributed by atoms with Crippen LogP contribution in [0.4, 0.5) is 10.5 Å². The number of anilines is 1. The lowest BCUT2D eigenvalue weighted by molar-refractivity contribution is -0.143. The maximum atomic E-state index is 12.3. The normalized spacial score (nSPS) is 13.1. The number of rotatable bonds is 10. The second kappa shape index (κ2) is 10.8. The first-order valence-electron chi connectivity index (χ1n) is 10.4. The van der Waals surface area contributed by atoms with Crippen molar-refractivity contribution < 1.29 is 28.6 Å². The number of hydrogen-bond donors (Lipinski definition) is 2. The highest BCUT2D eigenvalue weighted by Crippen LogP contribution is 2.41. The molecule has 8 heteroatoms. The van der Waals surface area contributed by atoms with Crippen LogP contribution in [0.15, 0.2) is 11.6 Å². The number of cyclic esters (lactones) is 1. The van der Waals surface area contributed by atoms with Gasteiger partial charge in [-0.25, -0.2) is 9.59 Å². The van der Waals surface area contributed by atoms with E-state index >= 15 is 0 Å². The first-order chi connectivity index (χ1) is 14.6. The molecule has 0 spiro atoms. The molecule has 2 amide bonds. The summed E-state index contributed by atoms with van der Waals surface area (Å²) in [4.78, 5) is 35.8. The van der Waals surface area contributed by atoms with Crippen LogP contribution in [-0.4, -0.2) is 31.7 Å². The van der Waals surface area contributed by atoms with Gasteiger partial charge in [-0.2, -0.15) is 0 Å². The number of esters is 2. The number of fused-ring (bicyclic) bond motifs is 1. The number of hydrogen-bond acceptors (Lipinski definition) is 6. The van der Waals surface area contributed by atoms with Crippen molar-refractivity contribution in [2.45, 2.75) is 60.0 Å². The number of benzene rings is 1. The Morgan fingerprint density at radius 2 is 2.00 bits per heavy atom. The fourth-order valence-electron chi connectivity index (χ4n) is 3.47. The zero-order valence-corrected chi connectivity index (χ0v) is 18.9. The molecule has 31 heavy (non-hydrogen) atoms. The quantitative estimate of drug-likeness (QED) is 0.426. The molecule has 0 saturated heterocycles. The van der Waals surface area contributed by atoms with Crippen LogP contribution in [0.25, 0.3) is 0 Å². The number of carbonyl (C=O) groups is 3. The molecular weight excluding hydrogens is 400 g/mol. The van der Waals surface area contributed by atoms with Crippen LogP contribution >= 0.6 is 0 Å².